The van der Waals surface area contributed by atoms with Gasteiger partial charge in [0.05, 0.1) is 5.56 Å². The smallest absolute Gasteiger partial charge is 0.322 e. The number of alkyl halides is 3. The van der Waals surface area contributed by atoms with Gasteiger partial charge in [0.25, 0.3) is 5.91 Å². The third kappa shape index (κ3) is 3.81. The van der Waals surface area contributed by atoms with Crippen LogP contribution < -0.4 is 10.2 Å². The normalized spacial score (nSPS) is 14.7. The Balaban J connectivity index is 1.79. The molecular formula is C18H15F3N2O2. The number of rotatable bonds is 3. The lowest BCUT2D eigenvalue weighted by atomic mass is 10.1. The van der Waals surface area contributed by atoms with Gasteiger partial charge in [-0.2, -0.15) is 13.2 Å². The molecule has 0 spiro atoms. The zero-order valence-electron chi connectivity index (χ0n) is 13.1. The summed E-state index contributed by atoms with van der Waals surface area (Å²) in [7, 11) is 0. The summed E-state index contributed by atoms with van der Waals surface area (Å²) in [5.41, 5.74) is 0.109. The van der Waals surface area contributed by atoms with E-state index >= 15 is 0 Å². The van der Waals surface area contributed by atoms with Crippen molar-refractivity contribution >= 4 is 23.2 Å². The molecule has 1 saturated heterocycles. The van der Waals surface area contributed by atoms with E-state index in [4.69, 9.17) is 0 Å². The summed E-state index contributed by atoms with van der Waals surface area (Å²) in [6, 6.07) is 10.9. The van der Waals surface area contributed by atoms with Crippen LogP contribution in [0.2, 0.25) is 0 Å². The maximum absolute atomic E-state index is 12.7. The van der Waals surface area contributed by atoms with Crippen LogP contribution in [0.15, 0.2) is 48.5 Å². The number of halogens is 3. The van der Waals surface area contributed by atoms with Crippen molar-refractivity contribution in [2.24, 2.45) is 0 Å². The van der Waals surface area contributed by atoms with E-state index in [1.807, 2.05) is 0 Å². The summed E-state index contributed by atoms with van der Waals surface area (Å²) in [5, 5.41) is 2.46. The number of carbonyl (C=O) groups is 2. The molecule has 1 fully saturated rings. The molecule has 0 aliphatic carbocycles. The van der Waals surface area contributed by atoms with Gasteiger partial charge in [0.2, 0.25) is 5.91 Å². The molecule has 3 rings (SSSR count). The summed E-state index contributed by atoms with van der Waals surface area (Å²) in [6.45, 7) is 0.595. The molecule has 2 aromatic rings. The van der Waals surface area contributed by atoms with E-state index in [0.29, 0.717) is 18.7 Å². The van der Waals surface area contributed by atoms with Crippen LogP contribution in [0.3, 0.4) is 0 Å². The van der Waals surface area contributed by atoms with E-state index in [-0.39, 0.29) is 17.2 Å². The van der Waals surface area contributed by atoms with Crippen LogP contribution in [0.1, 0.15) is 28.8 Å². The Hall–Kier alpha value is -2.83. The number of amides is 2. The minimum absolute atomic E-state index is 0.00423. The van der Waals surface area contributed by atoms with Gasteiger partial charge in [-0.3, -0.25) is 9.59 Å². The van der Waals surface area contributed by atoms with Gasteiger partial charge in [-0.25, -0.2) is 0 Å². The summed E-state index contributed by atoms with van der Waals surface area (Å²) in [5.74, 6) is -0.539. The standard InChI is InChI=1S/C18H15F3N2O2/c19-18(20,21)13-5-2-6-14(11-13)22-17(25)12-4-1-7-15(10-12)23-9-3-8-16(23)24/h1-2,4-7,10-11H,3,8-9H2,(H,22,25). The molecule has 130 valence electrons. The zero-order valence-corrected chi connectivity index (χ0v) is 13.1. The zero-order chi connectivity index (χ0) is 18.0. The second-order valence-corrected chi connectivity index (χ2v) is 5.73. The van der Waals surface area contributed by atoms with Crippen LogP contribution in [0, 0.1) is 0 Å². The Morgan fingerprint density at radius 3 is 2.52 bits per heavy atom. The van der Waals surface area contributed by atoms with Crippen LogP contribution in [-0.2, 0) is 11.0 Å². The molecule has 0 bridgehead atoms. The molecular weight excluding hydrogens is 333 g/mol. The van der Waals surface area contributed by atoms with Crippen molar-refractivity contribution in [2.75, 3.05) is 16.8 Å². The monoisotopic (exact) mass is 348 g/mol. The topological polar surface area (TPSA) is 49.4 Å². The molecule has 1 aliphatic rings. The number of nitrogens with zero attached hydrogens (tertiary/aromatic N) is 1. The number of nitrogens with one attached hydrogen (secondary N) is 1. The molecule has 0 atom stereocenters. The van der Waals surface area contributed by atoms with Crippen molar-refractivity contribution in [3.63, 3.8) is 0 Å². The largest absolute Gasteiger partial charge is 0.416 e. The first kappa shape index (κ1) is 17.0. The number of carbonyl (C=O) groups excluding carboxylic acids is 2. The van der Waals surface area contributed by atoms with Gasteiger partial charge < -0.3 is 10.2 Å². The molecule has 4 nitrogen and oxygen atoms in total. The van der Waals surface area contributed by atoms with Crippen LogP contribution in [-0.4, -0.2) is 18.4 Å². The van der Waals surface area contributed by atoms with E-state index in [2.05, 4.69) is 5.32 Å². The Morgan fingerprint density at radius 2 is 1.84 bits per heavy atom. The molecule has 0 radical (unpaired) electrons. The number of hydrogen-bond acceptors (Lipinski definition) is 2. The Kier molecular flexibility index (Phi) is 4.48. The fourth-order valence-electron chi connectivity index (χ4n) is 2.71. The maximum atomic E-state index is 12.7. The van der Waals surface area contributed by atoms with E-state index in [1.54, 1.807) is 29.2 Å². The van der Waals surface area contributed by atoms with Gasteiger partial charge in [-0.05, 0) is 42.8 Å². The summed E-state index contributed by atoms with van der Waals surface area (Å²) in [4.78, 5) is 25.7. The Bertz CT molecular complexity index is 818. The third-order valence-electron chi connectivity index (χ3n) is 3.94. The SMILES string of the molecule is O=C(Nc1cccc(C(F)(F)F)c1)c1cccc(N2CCCC2=O)c1. The van der Waals surface area contributed by atoms with E-state index < -0.39 is 17.6 Å². The molecule has 2 aromatic carbocycles. The van der Waals surface area contributed by atoms with Gasteiger partial charge >= 0.3 is 6.18 Å². The number of hydrogen-bond donors (Lipinski definition) is 1. The minimum atomic E-state index is -4.48. The molecule has 0 saturated carbocycles. The van der Waals surface area contributed by atoms with Gasteiger partial charge in [0, 0.05) is 29.9 Å². The molecule has 0 aromatic heterocycles. The first-order valence-corrected chi connectivity index (χ1v) is 7.73. The molecule has 25 heavy (non-hydrogen) atoms. The van der Waals surface area contributed by atoms with Gasteiger partial charge in [-0.15, -0.1) is 0 Å². The average Bonchev–Trinajstić information content (AvgIpc) is 3.00. The van der Waals surface area contributed by atoms with Crippen LogP contribution in [0.4, 0.5) is 24.5 Å². The number of anilines is 2. The lowest BCUT2D eigenvalue weighted by molar-refractivity contribution is -0.137. The van der Waals surface area contributed by atoms with E-state index in [1.165, 1.54) is 12.1 Å². The Morgan fingerprint density at radius 1 is 1.08 bits per heavy atom. The van der Waals surface area contributed by atoms with Crippen molar-refractivity contribution in [3.05, 3.63) is 59.7 Å². The van der Waals surface area contributed by atoms with Gasteiger partial charge in [0.1, 0.15) is 0 Å². The molecule has 1 N–H and O–H groups in total. The summed E-state index contributed by atoms with van der Waals surface area (Å²) < 4.78 is 38.2. The first-order valence-electron chi connectivity index (χ1n) is 7.73. The molecule has 7 heteroatoms. The average molecular weight is 348 g/mol. The van der Waals surface area contributed by atoms with Crippen LogP contribution in [0.25, 0.3) is 0 Å². The second-order valence-electron chi connectivity index (χ2n) is 5.73. The first-order chi connectivity index (χ1) is 11.8. The lowest BCUT2D eigenvalue weighted by Gasteiger charge is -2.16. The Labute approximate surface area is 142 Å². The second kappa shape index (κ2) is 6.58. The predicted octanol–water partition coefficient (Wildman–Crippen LogP) is 4.08. The minimum Gasteiger partial charge on any atom is -0.322 e. The number of benzene rings is 2. The highest BCUT2D eigenvalue weighted by Gasteiger charge is 2.30. The van der Waals surface area contributed by atoms with Crippen molar-refractivity contribution in [2.45, 2.75) is 19.0 Å². The highest BCUT2D eigenvalue weighted by atomic mass is 19.4. The van der Waals surface area contributed by atoms with Crippen LogP contribution in [0.5, 0.6) is 0 Å². The third-order valence-corrected chi connectivity index (χ3v) is 3.94. The quantitative estimate of drug-likeness (QED) is 0.908. The van der Waals surface area contributed by atoms with E-state index in [9.17, 15) is 22.8 Å². The van der Waals surface area contributed by atoms with Crippen molar-refractivity contribution in [3.8, 4) is 0 Å². The highest BCUT2D eigenvalue weighted by molar-refractivity contribution is 6.05. The van der Waals surface area contributed by atoms with Crippen molar-refractivity contribution in [1.29, 1.82) is 0 Å². The van der Waals surface area contributed by atoms with Gasteiger partial charge in [0.15, 0.2) is 0 Å². The molecule has 2 amide bonds. The maximum Gasteiger partial charge on any atom is 0.416 e. The molecule has 1 heterocycles. The van der Waals surface area contributed by atoms with Crippen molar-refractivity contribution < 1.29 is 22.8 Å². The highest BCUT2D eigenvalue weighted by Crippen LogP contribution is 2.31. The predicted molar refractivity (Wildman–Crippen MR) is 87.4 cm³/mol. The fourth-order valence-corrected chi connectivity index (χ4v) is 2.71. The lowest BCUT2D eigenvalue weighted by Crippen LogP contribution is -2.24. The van der Waals surface area contributed by atoms with Crippen molar-refractivity contribution in [1.82, 2.24) is 0 Å². The van der Waals surface area contributed by atoms with E-state index in [0.717, 1.165) is 18.6 Å². The summed E-state index contributed by atoms with van der Waals surface area (Å²) in [6.07, 6.45) is -3.24. The summed E-state index contributed by atoms with van der Waals surface area (Å²) >= 11 is 0. The van der Waals surface area contributed by atoms with Gasteiger partial charge in [-0.1, -0.05) is 12.1 Å². The van der Waals surface area contributed by atoms with Crippen LogP contribution >= 0.6 is 0 Å². The molecule has 0 unspecified atom stereocenters. The fraction of sp³-hybridized carbons (Fsp3) is 0.222. The molecule has 1 aliphatic heterocycles.